The Bertz CT molecular complexity index is 356. The largest absolute Gasteiger partial charge is 0.394 e. The Morgan fingerprint density at radius 2 is 2.17 bits per heavy atom. The molecule has 1 aliphatic rings. The van der Waals surface area contributed by atoms with Crippen LogP contribution in [0.5, 0.6) is 0 Å². The number of thioether (sulfide) groups is 1. The first-order valence-corrected chi connectivity index (χ1v) is 7.68. The van der Waals surface area contributed by atoms with Crippen molar-refractivity contribution in [3.63, 3.8) is 0 Å². The maximum absolute atomic E-state index is 9.80. The van der Waals surface area contributed by atoms with Crippen LogP contribution in [-0.2, 0) is 0 Å². The highest BCUT2D eigenvalue weighted by atomic mass is 32.2. The van der Waals surface area contributed by atoms with E-state index in [-0.39, 0.29) is 12.1 Å². The number of hydrogen-bond acceptors (Lipinski definition) is 4. The highest BCUT2D eigenvalue weighted by Crippen LogP contribution is 2.42. The van der Waals surface area contributed by atoms with Crippen molar-refractivity contribution < 1.29 is 5.11 Å². The number of nitrogens with zero attached hydrogens (tertiary/aromatic N) is 1. The number of aromatic nitrogens is 1. The van der Waals surface area contributed by atoms with E-state index in [1.807, 2.05) is 36.3 Å². The Hall–Kier alpha value is -0.580. The van der Waals surface area contributed by atoms with E-state index in [4.69, 9.17) is 0 Å². The minimum atomic E-state index is -0.0933. The minimum Gasteiger partial charge on any atom is -0.394 e. The van der Waals surface area contributed by atoms with Gasteiger partial charge in [0.05, 0.1) is 12.1 Å². The van der Waals surface area contributed by atoms with Crippen molar-refractivity contribution in [1.82, 2.24) is 10.3 Å². The summed E-state index contributed by atoms with van der Waals surface area (Å²) in [5.74, 6) is 1.57. The average Bonchev–Trinajstić information content (AvgIpc) is 3.26. The Morgan fingerprint density at radius 3 is 2.72 bits per heavy atom. The van der Waals surface area contributed by atoms with Crippen molar-refractivity contribution >= 4 is 11.8 Å². The van der Waals surface area contributed by atoms with Crippen LogP contribution in [0.25, 0.3) is 0 Å². The highest BCUT2D eigenvalue weighted by molar-refractivity contribution is 7.99. The van der Waals surface area contributed by atoms with Gasteiger partial charge < -0.3 is 10.4 Å². The monoisotopic (exact) mass is 266 g/mol. The van der Waals surface area contributed by atoms with Crippen LogP contribution in [-0.4, -0.2) is 34.5 Å². The topological polar surface area (TPSA) is 45.1 Å². The normalized spacial score (nSPS) is 18.6. The molecule has 2 N–H and O–H groups in total. The number of aliphatic hydroxyl groups is 1. The first-order chi connectivity index (χ1) is 8.80. The lowest BCUT2D eigenvalue weighted by atomic mass is 9.96. The molecule has 1 aliphatic carbocycles. The first-order valence-electron chi connectivity index (χ1n) is 6.69. The van der Waals surface area contributed by atoms with Crippen LogP contribution in [0.1, 0.15) is 26.2 Å². The fourth-order valence-electron chi connectivity index (χ4n) is 2.20. The molecule has 0 saturated heterocycles. The maximum atomic E-state index is 9.80. The van der Waals surface area contributed by atoms with Crippen LogP contribution in [0.15, 0.2) is 29.4 Å². The van der Waals surface area contributed by atoms with Gasteiger partial charge in [-0.2, -0.15) is 0 Å². The molecule has 1 saturated carbocycles. The molecule has 1 fully saturated rings. The second-order valence-electron chi connectivity index (χ2n) is 4.99. The summed E-state index contributed by atoms with van der Waals surface area (Å²) in [6.07, 6.45) is 7.23. The van der Waals surface area contributed by atoms with E-state index in [0.717, 1.165) is 18.7 Å². The molecule has 0 spiro atoms. The van der Waals surface area contributed by atoms with Crippen LogP contribution < -0.4 is 5.32 Å². The summed E-state index contributed by atoms with van der Waals surface area (Å²) in [6, 6.07) is 4.05. The van der Waals surface area contributed by atoms with Gasteiger partial charge in [-0.3, -0.25) is 4.98 Å². The van der Waals surface area contributed by atoms with Crippen LogP contribution in [0.3, 0.4) is 0 Å². The summed E-state index contributed by atoms with van der Waals surface area (Å²) in [6.45, 7) is 3.38. The number of rotatable bonds is 8. The third kappa shape index (κ3) is 3.46. The van der Waals surface area contributed by atoms with E-state index in [1.54, 1.807) is 0 Å². The number of nitrogens with one attached hydrogen (secondary N) is 1. The summed E-state index contributed by atoms with van der Waals surface area (Å²) >= 11 is 1.81. The van der Waals surface area contributed by atoms with Gasteiger partial charge in [-0.25, -0.2) is 0 Å². The molecule has 2 rings (SSSR count). The SMILES string of the molecule is CCCNC(CO)(CSc1ccncc1)C1CC1. The highest BCUT2D eigenvalue weighted by Gasteiger charge is 2.44. The van der Waals surface area contributed by atoms with Gasteiger partial charge in [0.1, 0.15) is 0 Å². The van der Waals surface area contributed by atoms with Gasteiger partial charge in [0, 0.05) is 23.0 Å². The zero-order valence-corrected chi connectivity index (χ0v) is 11.7. The summed E-state index contributed by atoms with van der Waals surface area (Å²) in [5.41, 5.74) is -0.0933. The maximum Gasteiger partial charge on any atom is 0.0624 e. The van der Waals surface area contributed by atoms with Crippen molar-refractivity contribution in [2.45, 2.75) is 36.6 Å². The van der Waals surface area contributed by atoms with E-state index in [2.05, 4.69) is 17.2 Å². The predicted octanol–water partition coefficient (Wildman–Crippen LogP) is 2.31. The first kappa shape index (κ1) is 13.8. The second kappa shape index (κ2) is 6.55. The van der Waals surface area contributed by atoms with Gasteiger partial charge in [0.15, 0.2) is 0 Å². The Labute approximate surface area is 113 Å². The van der Waals surface area contributed by atoms with Gasteiger partial charge in [-0.1, -0.05) is 6.92 Å². The standard InChI is InChI=1S/C14H22N2OS/c1-2-7-16-14(10-17,12-3-4-12)11-18-13-5-8-15-9-6-13/h5-6,8-9,12,16-17H,2-4,7,10-11H2,1H3. The third-order valence-electron chi connectivity index (χ3n) is 3.51. The quantitative estimate of drug-likeness (QED) is 0.709. The summed E-state index contributed by atoms with van der Waals surface area (Å²) in [4.78, 5) is 5.25. The van der Waals surface area contributed by atoms with Crippen LogP contribution in [0.4, 0.5) is 0 Å². The van der Waals surface area contributed by atoms with E-state index < -0.39 is 0 Å². The lowest BCUT2D eigenvalue weighted by molar-refractivity contribution is 0.159. The molecule has 3 nitrogen and oxygen atoms in total. The Kier molecular flexibility index (Phi) is 5.03. The molecule has 1 unspecified atom stereocenters. The predicted molar refractivity (Wildman–Crippen MR) is 75.8 cm³/mol. The molecule has 1 heterocycles. The molecule has 0 amide bonds. The van der Waals surface area contributed by atoms with Crippen molar-refractivity contribution in [3.8, 4) is 0 Å². The molecule has 1 aromatic rings. The van der Waals surface area contributed by atoms with Gasteiger partial charge >= 0.3 is 0 Å². The van der Waals surface area contributed by atoms with Crippen LogP contribution in [0, 0.1) is 5.92 Å². The van der Waals surface area contributed by atoms with E-state index >= 15 is 0 Å². The van der Waals surface area contributed by atoms with Crippen molar-refractivity contribution in [2.24, 2.45) is 5.92 Å². The zero-order valence-electron chi connectivity index (χ0n) is 10.9. The van der Waals surface area contributed by atoms with Gasteiger partial charge in [0.25, 0.3) is 0 Å². The molecule has 1 atom stereocenters. The molecule has 0 bridgehead atoms. The number of pyridine rings is 1. The summed E-state index contributed by atoms with van der Waals surface area (Å²) in [7, 11) is 0. The smallest absolute Gasteiger partial charge is 0.0624 e. The molecule has 0 aliphatic heterocycles. The molecule has 4 heteroatoms. The lowest BCUT2D eigenvalue weighted by Gasteiger charge is -2.33. The van der Waals surface area contributed by atoms with Gasteiger partial charge in [-0.15, -0.1) is 11.8 Å². The molecule has 0 radical (unpaired) electrons. The van der Waals surface area contributed by atoms with Gasteiger partial charge in [0.2, 0.25) is 0 Å². The average molecular weight is 266 g/mol. The molecule has 1 aromatic heterocycles. The van der Waals surface area contributed by atoms with Crippen molar-refractivity contribution in [3.05, 3.63) is 24.5 Å². The fourth-order valence-corrected chi connectivity index (χ4v) is 3.37. The van der Waals surface area contributed by atoms with Crippen LogP contribution in [0.2, 0.25) is 0 Å². The van der Waals surface area contributed by atoms with E-state index in [1.165, 1.54) is 17.7 Å². The lowest BCUT2D eigenvalue weighted by Crippen LogP contribution is -2.53. The fraction of sp³-hybridized carbons (Fsp3) is 0.643. The second-order valence-corrected chi connectivity index (χ2v) is 6.04. The zero-order chi connectivity index (χ0) is 12.8. The molecular formula is C14H22N2OS. The van der Waals surface area contributed by atoms with E-state index in [0.29, 0.717) is 5.92 Å². The van der Waals surface area contributed by atoms with Crippen LogP contribution >= 0.6 is 11.8 Å². The Morgan fingerprint density at radius 1 is 1.44 bits per heavy atom. The molecule has 100 valence electrons. The van der Waals surface area contributed by atoms with Gasteiger partial charge in [-0.05, 0) is 43.9 Å². The van der Waals surface area contributed by atoms with Crippen molar-refractivity contribution in [2.75, 3.05) is 18.9 Å². The molecular weight excluding hydrogens is 244 g/mol. The molecule has 0 aromatic carbocycles. The van der Waals surface area contributed by atoms with Crippen molar-refractivity contribution in [1.29, 1.82) is 0 Å². The number of aliphatic hydroxyl groups excluding tert-OH is 1. The van der Waals surface area contributed by atoms with E-state index in [9.17, 15) is 5.11 Å². The Balaban J connectivity index is 1.96. The molecule has 18 heavy (non-hydrogen) atoms. The number of hydrogen-bond donors (Lipinski definition) is 2. The summed E-state index contributed by atoms with van der Waals surface area (Å²) in [5, 5.41) is 13.4. The minimum absolute atomic E-state index is 0.0933. The third-order valence-corrected chi connectivity index (χ3v) is 4.78. The summed E-state index contributed by atoms with van der Waals surface area (Å²) < 4.78 is 0.